The summed E-state index contributed by atoms with van der Waals surface area (Å²) in [5.74, 6) is -0.336. The first-order valence-corrected chi connectivity index (χ1v) is 3.71. The van der Waals surface area contributed by atoms with E-state index in [1.54, 1.807) is 0 Å². The molecule has 0 aliphatic heterocycles. The van der Waals surface area contributed by atoms with Crippen molar-refractivity contribution in [1.82, 2.24) is 0 Å². The van der Waals surface area contributed by atoms with Gasteiger partial charge in [-0.25, -0.2) is 0 Å². The van der Waals surface area contributed by atoms with Crippen molar-refractivity contribution >= 4 is 5.97 Å². The minimum atomic E-state index is -0.808. The summed E-state index contributed by atoms with van der Waals surface area (Å²) in [6, 6.07) is 1.93. The van der Waals surface area contributed by atoms with Gasteiger partial charge in [0.05, 0.1) is 17.9 Å². The van der Waals surface area contributed by atoms with Crippen molar-refractivity contribution in [2.45, 2.75) is 26.2 Å². The number of nitrogens with zero attached hydrogens (tertiary/aromatic N) is 1. The van der Waals surface area contributed by atoms with Crippen LogP contribution < -0.4 is 0 Å². The molecule has 1 N–H and O–H groups in total. The van der Waals surface area contributed by atoms with Crippen LogP contribution in [0.2, 0.25) is 0 Å². The van der Waals surface area contributed by atoms with Gasteiger partial charge < -0.3 is 5.11 Å². The van der Waals surface area contributed by atoms with Crippen LogP contribution in [0.1, 0.15) is 26.2 Å². The summed E-state index contributed by atoms with van der Waals surface area (Å²) >= 11 is 0. The van der Waals surface area contributed by atoms with E-state index in [2.05, 4.69) is 0 Å². The van der Waals surface area contributed by atoms with Crippen LogP contribution in [0.15, 0.2) is 0 Å². The van der Waals surface area contributed by atoms with E-state index in [1.165, 1.54) is 0 Å². The van der Waals surface area contributed by atoms with Crippen LogP contribution in [-0.4, -0.2) is 11.1 Å². The summed E-state index contributed by atoms with van der Waals surface area (Å²) in [5.41, 5.74) is -0.700. The molecule has 0 bridgehead atoms. The van der Waals surface area contributed by atoms with E-state index >= 15 is 0 Å². The Morgan fingerprint density at radius 3 is 2.64 bits per heavy atom. The summed E-state index contributed by atoms with van der Waals surface area (Å²) in [7, 11) is 0. The zero-order valence-electron chi connectivity index (χ0n) is 6.50. The number of carbonyl (C=O) groups is 1. The summed E-state index contributed by atoms with van der Waals surface area (Å²) in [6.45, 7) is 2.01. The lowest BCUT2D eigenvalue weighted by Crippen LogP contribution is -2.42. The molecule has 0 saturated heterocycles. The largest absolute Gasteiger partial charge is 0.481 e. The molecule has 0 unspecified atom stereocenters. The van der Waals surface area contributed by atoms with Gasteiger partial charge >= 0.3 is 5.97 Å². The maximum absolute atomic E-state index is 10.7. The Balaban J connectivity index is 2.62. The molecule has 1 rings (SSSR count). The molecule has 0 aromatic heterocycles. The summed E-state index contributed by atoms with van der Waals surface area (Å²) in [4.78, 5) is 10.7. The number of hydrogen-bond donors (Lipinski definition) is 1. The van der Waals surface area contributed by atoms with Crippen LogP contribution in [0.25, 0.3) is 0 Å². The van der Waals surface area contributed by atoms with Crippen molar-refractivity contribution in [3.05, 3.63) is 0 Å². The third-order valence-corrected chi connectivity index (χ3v) is 2.35. The summed E-state index contributed by atoms with van der Waals surface area (Å²) in [5, 5.41) is 17.2. The molecule has 1 fully saturated rings. The number of nitriles is 1. The fourth-order valence-corrected chi connectivity index (χ4v) is 1.82. The first kappa shape index (κ1) is 8.06. The second-order valence-electron chi connectivity index (χ2n) is 3.43. The Morgan fingerprint density at radius 2 is 2.36 bits per heavy atom. The van der Waals surface area contributed by atoms with E-state index in [0.717, 1.165) is 0 Å². The second kappa shape index (κ2) is 2.54. The Labute approximate surface area is 65.6 Å². The first-order chi connectivity index (χ1) is 5.10. The first-order valence-electron chi connectivity index (χ1n) is 3.71. The molecule has 0 radical (unpaired) electrons. The SMILES string of the molecule is CC1CC(CC#N)(C(=O)O)C1. The average molecular weight is 153 g/mol. The number of carboxylic acids is 1. The Bertz CT molecular complexity index is 211. The monoisotopic (exact) mass is 153 g/mol. The van der Waals surface area contributed by atoms with E-state index in [-0.39, 0.29) is 6.42 Å². The minimum Gasteiger partial charge on any atom is -0.481 e. The third kappa shape index (κ3) is 1.21. The van der Waals surface area contributed by atoms with Crippen LogP contribution in [0.4, 0.5) is 0 Å². The molecule has 1 aliphatic carbocycles. The number of carboxylic acid groups (broad SMARTS) is 1. The van der Waals surface area contributed by atoms with Crippen LogP contribution in [0.3, 0.4) is 0 Å². The van der Waals surface area contributed by atoms with Gasteiger partial charge in [-0.1, -0.05) is 6.92 Å². The quantitative estimate of drug-likeness (QED) is 0.652. The lowest BCUT2D eigenvalue weighted by atomic mass is 9.61. The highest BCUT2D eigenvalue weighted by Crippen LogP contribution is 2.47. The van der Waals surface area contributed by atoms with Crippen LogP contribution in [0, 0.1) is 22.7 Å². The van der Waals surface area contributed by atoms with Crippen molar-refractivity contribution < 1.29 is 9.90 Å². The Hall–Kier alpha value is -1.04. The molecular weight excluding hydrogens is 142 g/mol. The highest BCUT2D eigenvalue weighted by Gasteiger charge is 2.48. The van der Waals surface area contributed by atoms with Gasteiger partial charge in [0.25, 0.3) is 0 Å². The number of aliphatic carboxylic acids is 1. The predicted octanol–water partition coefficient (Wildman–Crippen LogP) is 1.40. The highest BCUT2D eigenvalue weighted by molar-refractivity contribution is 5.76. The molecule has 60 valence electrons. The molecule has 3 heteroatoms. The van der Waals surface area contributed by atoms with Crippen LogP contribution in [0.5, 0.6) is 0 Å². The fourth-order valence-electron chi connectivity index (χ4n) is 1.82. The molecule has 0 aromatic rings. The Kier molecular flexibility index (Phi) is 1.86. The van der Waals surface area contributed by atoms with Gasteiger partial charge in [0.1, 0.15) is 0 Å². The molecule has 1 saturated carbocycles. The van der Waals surface area contributed by atoms with Gasteiger partial charge in [-0.15, -0.1) is 0 Å². The van der Waals surface area contributed by atoms with Crippen molar-refractivity contribution in [2.75, 3.05) is 0 Å². The van der Waals surface area contributed by atoms with E-state index in [1.807, 2.05) is 13.0 Å². The minimum absolute atomic E-state index is 0.159. The Morgan fingerprint density at radius 1 is 1.82 bits per heavy atom. The molecular formula is C8H11NO2. The van der Waals surface area contributed by atoms with E-state index in [9.17, 15) is 4.79 Å². The smallest absolute Gasteiger partial charge is 0.310 e. The molecule has 0 spiro atoms. The van der Waals surface area contributed by atoms with Gasteiger partial charge in [0.15, 0.2) is 0 Å². The average Bonchev–Trinajstić information content (AvgIpc) is 1.84. The normalized spacial score (nSPS) is 35.5. The van der Waals surface area contributed by atoms with Crippen molar-refractivity contribution in [3.63, 3.8) is 0 Å². The van der Waals surface area contributed by atoms with Gasteiger partial charge in [0.2, 0.25) is 0 Å². The van der Waals surface area contributed by atoms with Crippen molar-refractivity contribution in [2.24, 2.45) is 11.3 Å². The summed E-state index contributed by atoms with van der Waals surface area (Å²) < 4.78 is 0. The number of rotatable bonds is 2. The van der Waals surface area contributed by atoms with Gasteiger partial charge in [-0.2, -0.15) is 5.26 Å². The number of hydrogen-bond acceptors (Lipinski definition) is 2. The van der Waals surface area contributed by atoms with E-state index in [0.29, 0.717) is 18.8 Å². The molecule has 0 heterocycles. The van der Waals surface area contributed by atoms with Gasteiger partial charge in [-0.3, -0.25) is 4.79 Å². The van der Waals surface area contributed by atoms with Gasteiger partial charge in [-0.05, 0) is 18.8 Å². The van der Waals surface area contributed by atoms with Crippen LogP contribution in [-0.2, 0) is 4.79 Å². The lowest BCUT2D eigenvalue weighted by Gasteiger charge is -2.41. The second-order valence-corrected chi connectivity index (χ2v) is 3.43. The molecule has 1 aliphatic rings. The van der Waals surface area contributed by atoms with E-state index < -0.39 is 11.4 Å². The summed E-state index contributed by atoms with van der Waals surface area (Å²) in [6.07, 6.45) is 1.48. The van der Waals surface area contributed by atoms with E-state index in [4.69, 9.17) is 10.4 Å². The third-order valence-electron chi connectivity index (χ3n) is 2.35. The van der Waals surface area contributed by atoms with Crippen LogP contribution >= 0.6 is 0 Å². The maximum Gasteiger partial charge on any atom is 0.310 e. The fraction of sp³-hybridized carbons (Fsp3) is 0.750. The predicted molar refractivity (Wildman–Crippen MR) is 38.7 cm³/mol. The molecule has 3 nitrogen and oxygen atoms in total. The molecule has 0 amide bonds. The standard InChI is InChI=1S/C8H11NO2/c1-6-4-8(5-6,2-3-9)7(10)11/h6H,2,4-5H2,1H3,(H,10,11). The zero-order valence-corrected chi connectivity index (χ0v) is 6.50. The maximum atomic E-state index is 10.7. The molecule has 11 heavy (non-hydrogen) atoms. The van der Waals surface area contributed by atoms with Gasteiger partial charge in [0, 0.05) is 0 Å². The lowest BCUT2D eigenvalue weighted by molar-refractivity contribution is -0.157. The van der Waals surface area contributed by atoms with Crippen molar-refractivity contribution in [3.8, 4) is 6.07 Å². The molecule has 0 atom stereocenters. The highest BCUT2D eigenvalue weighted by atomic mass is 16.4. The molecule has 0 aromatic carbocycles. The topological polar surface area (TPSA) is 61.1 Å². The van der Waals surface area contributed by atoms with Crippen molar-refractivity contribution in [1.29, 1.82) is 5.26 Å². The zero-order chi connectivity index (χ0) is 8.48.